The van der Waals surface area contributed by atoms with Gasteiger partial charge in [-0.3, -0.25) is 14.5 Å². The van der Waals surface area contributed by atoms with Crippen LogP contribution in [0.15, 0.2) is 0 Å². The van der Waals surface area contributed by atoms with Crippen LogP contribution in [-0.2, 0) is 9.59 Å². The van der Waals surface area contributed by atoms with E-state index in [0.717, 1.165) is 12.8 Å². The Morgan fingerprint density at radius 3 is 2.67 bits per heavy atom. The third-order valence-corrected chi connectivity index (χ3v) is 4.12. The van der Waals surface area contributed by atoms with Gasteiger partial charge in [-0.25, -0.2) is 0 Å². The Hall–Kier alpha value is -0.510. The molecule has 0 saturated carbocycles. The second kappa shape index (κ2) is 5.54. The van der Waals surface area contributed by atoms with Gasteiger partial charge in [0.25, 0.3) is 0 Å². The van der Waals surface area contributed by atoms with E-state index in [9.17, 15) is 9.59 Å². The maximum atomic E-state index is 11.8. The summed E-state index contributed by atoms with van der Waals surface area (Å²) >= 11 is 1.64. The van der Waals surface area contributed by atoms with Crippen LogP contribution in [-0.4, -0.2) is 33.8 Å². The highest BCUT2D eigenvalue weighted by Gasteiger charge is 2.38. The number of hydrogen-bond acceptors (Lipinski definition) is 3. The van der Waals surface area contributed by atoms with Crippen molar-refractivity contribution in [3.05, 3.63) is 0 Å². The summed E-state index contributed by atoms with van der Waals surface area (Å²) in [5, 5.41) is 0.326. The number of nitrogens with zero attached hydrogens (tertiary/aromatic N) is 1. The van der Waals surface area contributed by atoms with Crippen molar-refractivity contribution in [2.75, 3.05) is 6.54 Å². The van der Waals surface area contributed by atoms with Gasteiger partial charge in [0.2, 0.25) is 11.8 Å². The highest BCUT2D eigenvalue weighted by Crippen LogP contribution is 2.29. The summed E-state index contributed by atoms with van der Waals surface area (Å²) in [5.41, 5.74) is 0. The number of carbonyl (C=O) groups excluding carboxylic acids is 2. The van der Waals surface area contributed by atoms with Crippen LogP contribution in [0.25, 0.3) is 0 Å². The predicted molar refractivity (Wildman–Crippen MR) is 62.8 cm³/mol. The van der Waals surface area contributed by atoms with Gasteiger partial charge in [-0.2, -0.15) is 0 Å². The summed E-state index contributed by atoms with van der Waals surface area (Å²) in [6.07, 6.45) is 2.28. The quantitative estimate of drug-likeness (QED) is 0.677. The fraction of sp³-hybridized carbons (Fsp3) is 0.818. The lowest BCUT2D eigenvalue weighted by atomic mass is 10.3. The first kappa shape index (κ1) is 12.6. The molecule has 2 atom stereocenters. The first-order valence-corrected chi connectivity index (χ1v) is 6.54. The topological polar surface area (TPSA) is 37.4 Å². The van der Waals surface area contributed by atoms with E-state index in [-0.39, 0.29) is 17.1 Å². The molecule has 86 valence electrons. The Morgan fingerprint density at radius 1 is 1.47 bits per heavy atom. The second-order valence-corrected chi connectivity index (χ2v) is 5.58. The molecule has 0 aromatic heterocycles. The van der Waals surface area contributed by atoms with Crippen LogP contribution >= 0.6 is 11.8 Å². The van der Waals surface area contributed by atoms with Gasteiger partial charge in [-0.05, 0) is 12.8 Å². The minimum Gasteiger partial charge on any atom is -0.282 e. The fourth-order valence-electron chi connectivity index (χ4n) is 1.59. The van der Waals surface area contributed by atoms with Crippen LogP contribution in [0.4, 0.5) is 0 Å². The Bertz CT molecular complexity index is 255. The summed E-state index contributed by atoms with van der Waals surface area (Å²) in [4.78, 5) is 24.8. The first-order valence-electron chi connectivity index (χ1n) is 5.59. The van der Waals surface area contributed by atoms with Crippen LogP contribution in [0.5, 0.6) is 0 Å². The zero-order valence-electron chi connectivity index (χ0n) is 9.66. The molecule has 2 amide bonds. The molecule has 0 N–H and O–H groups in total. The summed E-state index contributed by atoms with van der Waals surface area (Å²) in [6.45, 7) is 6.76. The van der Waals surface area contributed by atoms with Crippen molar-refractivity contribution in [2.24, 2.45) is 0 Å². The molecule has 1 heterocycles. The minimum atomic E-state index is -0.126. The van der Waals surface area contributed by atoms with Crippen LogP contribution < -0.4 is 0 Å². The van der Waals surface area contributed by atoms with Crippen molar-refractivity contribution in [1.29, 1.82) is 0 Å². The Labute approximate surface area is 95.6 Å². The third kappa shape index (κ3) is 2.97. The zero-order valence-corrected chi connectivity index (χ0v) is 10.5. The molecule has 0 radical (unpaired) electrons. The fourth-order valence-corrected chi connectivity index (χ4v) is 2.83. The number of likely N-dealkylation sites (tertiary alicyclic amines) is 1. The normalized spacial score (nSPS) is 23.7. The lowest BCUT2D eigenvalue weighted by molar-refractivity contribution is -0.138. The van der Waals surface area contributed by atoms with Crippen molar-refractivity contribution in [1.82, 2.24) is 4.90 Å². The zero-order chi connectivity index (χ0) is 11.4. The molecule has 3 nitrogen and oxygen atoms in total. The average molecular weight is 229 g/mol. The number of carbonyl (C=O) groups is 2. The largest absolute Gasteiger partial charge is 0.282 e. The summed E-state index contributed by atoms with van der Waals surface area (Å²) in [7, 11) is 0. The van der Waals surface area contributed by atoms with Gasteiger partial charge in [0, 0.05) is 18.2 Å². The standard InChI is InChI=1S/C11H19NO2S/c1-4-6-12-10(13)7-9(11(12)14)15-8(3)5-2/h8-9H,4-7H2,1-3H3. The van der Waals surface area contributed by atoms with Crippen molar-refractivity contribution in [3.63, 3.8) is 0 Å². The van der Waals surface area contributed by atoms with Gasteiger partial charge < -0.3 is 0 Å². The van der Waals surface area contributed by atoms with E-state index in [2.05, 4.69) is 13.8 Å². The molecule has 1 rings (SSSR count). The predicted octanol–water partition coefficient (Wildman–Crippen LogP) is 2.06. The van der Waals surface area contributed by atoms with E-state index in [1.807, 2.05) is 6.92 Å². The van der Waals surface area contributed by atoms with E-state index in [1.165, 1.54) is 4.90 Å². The maximum Gasteiger partial charge on any atom is 0.242 e. The summed E-state index contributed by atoms with van der Waals surface area (Å²) < 4.78 is 0. The van der Waals surface area contributed by atoms with Crippen molar-refractivity contribution >= 4 is 23.6 Å². The highest BCUT2D eigenvalue weighted by molar-refractivity contribution is 8.01. The lowest BCUT2D eigenvalue weighted by Crippen LogP contribution is -2.32. The summed E-state index contributed by atoms with van der Waals surface area (Å²) in [5.74, 6) is 0.0230. The molecule has 15 heavy (non-hydrogen) atoms. The van der Waals surface area contributed by atoms with E-state index >= 15 is 0 Å². The van der Waals surface area contributed by atoms with E-state index in [1.54, 1.807) is 11.8 Å². The lowest BCUT2D eigenvalue weighted by Gasteiger charge is -2.15. The van der Waals surface area contributed by atoms with E-state index in [4.69, 9.17) is 0 Å². The van der Waals surface area contributed by atoms with E-state index < -0.39 is 0 Å². The molecule has 0 bridgehead atoms. The summed E-state index contributed by atoms with van der Waals surface area (Å²) in [6, 6.07) is 0. The first-order chi connectivity index (χ1) is 7.10. The number of hydrogen-bond donors (Lipinski definition) is 0. The van der Waals surface area contributed by atoms with Gasteiger partial charge in [-0.15, -0.1) is 11.8 Å². The molecule has 0 aliphatic carbocycles. The molecule has 2 unspecified atom stereocenters. The Morgan fingerprint density at radius 2 is 2.13 bits per heavy atom. The van der Waals surface area contributed by atoms with E-state index in [0.29, 0.717) is 18.2 Å². The molecule has 0 aromatic rings. The molecule has 0 spiro atoms. The van der Waals surface area contributed by atoms with Crippen molar-refractivity contribution in [2.45, 2.75) is 50.5 Å². The molecule has 1 aliphatic heterocycles. The smallest absolute Gasteiger partial charge is 0.242 e. The molecule has 0 aromatic carbocycles. The SMILES string of the molecule is CCCN1C(=O)CC(SC(C)CC)C1=O. The van der Waals surface area contributed by atoms with Crippen LogP contribution in [0.2, 0.25) is 0 Å². The van der Waals surface area contributed by atoms with Crippen LogP contribution in [0.3, 0.4) is 0 Å². The second-order valence-electron chi connectivity index (χ2n) is 3.93. The van der Waals surface area contributed by atoms with Gasteiger partial charge in [0.15, 0.2) is 0 Å². The van der Waals surface area contributed by atoms with Gasteiger partial charge >= 0.3 is 0 Å². The van der Waals surface area contributed by atoms with Crippen molar-refractivity contribution in [3.8, 4) is 0 Å². The number of thioether (sulfide) groups is 1. The number of imide groups is 1. The molecule has 1 saturated heterocycles. The van der Waals surface area contributed by atoms with Gasteiger partial charge in [0.05, 0.1) is 5.25 Å². The number of amides is 2. The van der Waals surface area contributed by atoms with Crippen LogP contribution in [0, 0.1) is 0 Å². The molecule has 1 aliphatic rings. The van der Waals surface area contributed by atoms with Gasteiger partial charge in [0.1, 0.15) is 0 Å². The molecule has 1 fully saturated rings. The van der Waals surface area contributed by atoms with Crippen LogP contribution in [0.1, 0.15) is 40.0 Å². The minimum absolute atomic E-state index is 0.00246. The average Bonchev–Trinajstić information content (AvgIpc) is 2.46. The molecular weight excluding hydrogens is 210 g/mol. The highest BCUT2D eigenvalue weighted by atomic mass is 32.2. The molecule has 4 heteroatoms. The Kier molecular flexibility index (Phi) is 4.64. The van der Waals surface area contributed by atoms with Crippen molar-refractivity contribution < 1.29 is 9.59 Å². The monoisotopic (exact) mass is 229 g/mol. The third-order valence-electron chi connectivity index (χ3n) is 2.62. The maximum absolute atomic E-state index is 11.8. The number of rotatable bonds is 5. The van der Waals surface area contributed by atoms with Gasteiger partial charge in [-0.1, -0.05) is 20.8 Å². The molecular formula is C11H19NO2S. The Balaban J connectivity index is 2.56.